The third kappa shape index (κ3) is 9.00. The Kier molecular flexibility index (Phi) is 9.64. The molecule has 12 heteroatoms. The van der Waals surface area contributed by atoms with Crippen molar-refractivity contribution in [1.82, 2.24) is 4.90 Å². The molecule has 0 saturated carbocycles. The van der Waals surface area contributed by atoms with Crippen molar-refractivity contribution in [2.45, 2.75) is 90.3 Å². The van der Waals surface area contributed by atoms with Gasteiger partial charge in [-0.15, -0.1) is 0 Å². The van der Waals surface area contributed by atoms with E-state index in [0.717, 1.165) is 5.56 Å². The summed E-state index contributed by atoms with van der Waals surface area (Å²) in [5.74, 6) is -0.178. The molecule has 3 atom stereocenters. The Morgan fingerprint density at radius 3 is 2.05 bits per heavy atom. The quantitative estimate of drug-likeness (QED) is 0.378. The van der Waals surface area contributed by atoms with Crippen LogP contribution in [0, 0.1) is 10.7 Å². The van der Waals surface area contributed by atoms with Gasteiger partial charge < -0.3 is 23.7 Å². The van der Waals surface area contributed by atoms with E-state index in [9.17, 15) is 18.6 Å². The fraction of sp³-hybridized carbons (Fsp3) is 0.679. The zero-order valence-electron chi connectivity index (χ0n) is 24.4. The molecule has 2 heterocycles. The third-order valence-electron chi connectivity index (χ3n) is 6.57. The minimum Gasteiger partial charge on any atom is -0.497 e. The highest BCUT2D eigenvalue weighted by Crippen LogP contribution is 2.32. The lowest BCUT2D eigenvalue weighted by molar-refractivity contribution is -0.161. The normalized spacial score (nSPS) is 27.0. The van der Waals surface area contributed by atoms with Crippen LogP contribution in [0.1, 0.15) is 59.9 Å². The molecule has 40 heavy (non-hydrogen) atoms. The first-order chi connectivity index (χ1) is 18.5. The number of amides is 1. The van der Waals surface area contributed by atoms with Crippen molar-refractivity contribution in [2.75, 3.05) is 25.2 Å². The monoisotopic (exact) mass is 582 g/mol. The average Bonchev–Trinajstić information content (AvgIpc) is 3.13. The Balaban J connectivity index is 1.93. The summed E-state index contributed by atoms with van der Waals surface area (Å²) in [5.41, 5.74) is -0.769. The Morgan fingerprint density at radius 1 is 0.950 bits per heavy atom. The van der Waals surface area contributed by atoms with Crippen molar-refractivity contribution in [3.05, 3.63) is 29.8 Å². The maximum absolute atomic E-state index is 13.3. The van der Waals surface area contributed by atoms with Gasteiger partial charge in [-0.05, 0) is 78.5 Å². The molecule has 0 aromatic heterocycles. The maximum atomic E-state index is 13.3. The lowest BCUT2D eigenvalue weighted by Gasteiger charge is -2.31. The Labute approximate surface area is 236 Å². The zero-order chi connectivity index (χ0) is 29.9. The third-order valence-corrected chi connectivity index (χ3v) is 8.36. The molecule has 224 valence electrons. The zero-order valence-corrected chi connectivity index (χ0v) is 25.2. The number of rotatable bonds is 6. The minimum atomic E-state index is -2.69. The summed E-state index contributed by atoms with van der Waals surface area (Å²) in [6.07, 6.45) is -2.79. The molecule has 0 radical (unpaired) electrons. The van der Waals surface area contributed by atoms with E-state index < -0.39 is 63.3 Å². The molecule has 2 aliphatic heterocycles. The SMILES string of the molecule is COc1ccc(C[C@@H]2[C@H](OC(=O)C3CCS(=N)(=O)CC3)[C@@H](OC(=O)OC(C)(C)C)CN2C(=O)OC(C)(C)C)cc1. The molecule has 11 nitrogen and oxygen atoms in total. The fourth-order valence-electron chi connectivity index (χ4n) is 4.65. The van der Waals surface area contributed by atoms with Gasteiger partial charge in [-0.25, -0.2) is 13.8 Å². The van der Waals surface area contributed by atoms with E-state index in [-0.39, 0.29) is 37.3 Å². The highest BCUT2D eigenvalue weighted by Gasteiger charge is 2.50. The lowest BCUT2D eigenvalue weighted by Crippen LogP contribution is -2.46. The summed E-state index contributed by atoms with van der Waals surface area (Å²) in [6, 6.07) is 6.55. The first-order valence-corrected chi connectivity index (χ1v) is 15.3. The number of hydrogen-bond donors (Lipinski definition) is 1. The van der Waals surface area contributed by atoms with Crippen LogP contribution in [0.5, 0.6) is 5.75 Å². The van der Waals surface area contributed by atoms with Crippen LogP contribution < -0.4 is 4.74 Å². The van der Waals surface area contributed by atoms with Crippen LogP contribution in [0.4, 0.5) is 9.59 Å². The number of nitrogens with one attached hydrogen (secondary N) is 1. The first kappa shape index (κ1) is 31.5. The summed E-state index contributed by atoms with van der Waals surface area (Å²) >= 11 is 0. The van der Waals surface area contributed by atoms with Gasteiger partial charge >= 0.3 is 18.2 Å². The fourth-order valence-corrected chi connectivity index (χ4v) is 6.19. The van der Waals surface area contributed by atoms with Crippen LogP contribution in [0.2, 0.25) is 0 Å². The first-order valence-electron chi connectivity index (χ1n) is 13.4. The molecule has 2 aliphatic rings. The van der Waals surface area contributed by atoms with Crippen LogP contribution >= 0.6 is 0 Å². The number of benzene rings is 1. The molecule has 1 aromatic carbocycles. The standard InChI is InChI=1S/C28H42N2O9S/c1-27(2,3)38-25(32)30-17-22(36-26(33)39-28(4,5)6)23(21(30)16-18-8-10-20(35-7)11-9-18)37-24(31)19-12-14-40(29,34)15-13-19/h8-11,19,21-23,29H,12-17H2,1-7H3/t19?,21-,22+,23+,40?/m1/s1. The number of hydrogen-bond acceptors (Lipinski definition) is 10. The van der Waals surface area contributed by atoms with Crippen LogP contribution in [0.25, 0.3) is 0 Å². The predicted octanol–water partition coefficient (Wildman–Crippen LogP) is 4.55. The molecular formula is C28H42N2O9S. The van der Waals surface area contributed by atoms with E-state index in [1.54, 1.807) is 60.8 Å². The Morgan fingerprint density at radius 2 is 1.52 bits per heavy atom. The van der Waals surface area contributed by atoms with Gasteiger partial charge in [0.25, 0.3) is 0 Å². The Hall–Kier alpha value is -3.02. The summed E-state index contributed by atoms with van der Waals surface area (Å²) in [4.78, 5) is 40.8. The van der Waals surface area contributed by atoms with Crippen molar-refractivity contribution in [2.24, 2.45) is 5.92 Å². The van der Waals surface area contributed by atoms with Crippen molar-refractivity contribution in [3.63, 3.8) is 0 Å². The average molecular weight is 583 g/mol. The number of nitrogens with zero attached hydrogens (tertiary/aromatic N) is 1. The number of carbonyl (C=O) groups is 3. The van der Waals surface area contributed by atoms with Crippen LogP contribution in [0.15, 0.2) is 24.3 Å². The van der Waals surface area contributed by atoms with Gasteiger partial charge in [0.2, 0.25) is 0 Å². The van der Waals surface area contributed by atoms with Gasteiger partial charge in [0.15, 0.2) is 12.2 Å². The highest BCUT2D eigenvalue weighted by molar-refractivity contribution is 7.92. The van der Waals surface area contributed by atoms with Crippen LogP contribution in [-0.2, 0) is 39.9 Å². The Bertz CT molecular complexity index is 1160. The van der Waals surface area contributed by atoms with Gasteiger partial charge in [0.05, 0.1) is 25.6 Å². The smallest absolute Gasteiger partial charge is 0.497 e. The number of methoxy groups -OCH3 is 1. The summed E-state index contributed by atoms with van der Waals surface area (Å²) < 4.78 is 47.9. The predicted molar refractivity (Wildman–Crippen MR) is 148 cm³/mol. The van der Waals surface area contributed by atoms with E-state index in [2.05, 4.69) is 0 Å². The molecule has 2 fully saturated rings. The summed E-state index contributed by atoms with van der Waals surface area (Å²) in [7, 11) is -1.12. The van der Waals surface area contributed by atoms with Crippen molar-refractivity contribution >= 4 is 27.9 Å². The number of carbonyl (C=O) groups excluding carboxylic acids is 3. The topological polar surface area (TPSA) is 142 Å². The van der Waals surface area contributed by atoms with E-state index in [1.165, 1.54) is 4.90 Å². The van der Waals surface area contributed by atoms with Gasteiger partial charge in [0, 0.05) is 21.2 Å². The molecular weight excluding hydrogens is 540 g/mol. The molecule has 3 rings (SSSR count). The minimum absolute atomic E-state index is 0.0713. The molecule has 1 N–H and O–H groups in total. The molecule has 2 saturated heterocycles. The van der Waals surface area contributed by atoms with Crippen LogP contribution in [-0.4, -0.2) is 81.9 Å². The molecule has 0 unspecified atom stereocenters. The molecule has 0 spiro atoms. The van der Waals surface area contributed by atoms with E-state index in [0.29, 0.717) is 5.75 Å². The number of likely N-dealkylation sites (tertiary alicyclic amines) is 1. The van der Waals surface area contributed by atoms with Gasteiger partial charge in [-0.3, -0.25) is 14.5 Å². The highest BCUT2D eigenvalue weighted by atomic mass is 32.2. The van der Waals surface area contributed by atoms with E-state index in [4.69, 9.17) is 28.5 Å². The van der Waals surface area contributed by atoms with Crippen molar-refractivity contribution < 1.29 is 42.3 Å². The molecule has 0 aliphatic carbocycles. The molecule has 1 aromatic rings. The summed E-state index contributed by atoms with van der Waals surface area (Å²) in [6.45, 7) is 10.3. The van der Waals surface area contributed by atoms with E-state index >= 15 is 0 Å². The van der Waals surface area contributed by atoms with Crippen LogP contribution in [0.3, 0.4) is 0 Å². The second-order valence-corrected chi connectivity index (χ2v) is 14.7. The second-order valence-electron chi connectivity index (χ2n) is 12.3. The molecule has 0 bridgehead atoms. The molecule has 1 amide bonds. The van der Waals surface area contributed by atoms with Gasteiger partial charge in [-0.1, -0.05) is 12.1 Å². The summed E-state index contributed by atoms with van der Waals surface area (Å²) in [5, 5.41) is 0. The number of ether oxygens (including phenoxy) is 5. The largest absolute Gasteiger partial charge is 0.509 e. The van der Waals surface area contributed by atoms with Gasteiger partial charge in [-0.2, -0.15) is 0 Å². The van der Waals surface area contributed by atoms with Gasteiger partial charge in [0.1, 0.15) is 17.0 Å². The second kappa shape index (κ2) is 12.2. The maximum Gasteiger partial charge on any atom is 0.509 e. The van der Waals surface area contributed by atoms with Crippen molar-refractivity contribution in [3.8, 4) is 5.75 Å². The van der Waals surface area contributed by atoms with Crippen molar-refractivity contribution in [1.29, 1.82) is 4.78 Å². The number of esters is 1. The van der Waals surface area contributed by atoms with E-state index in [1.807, 2.05) is 12.1 Å². The lowest BCUT2D eigenvalue weighted by atomic mass is 9.99.